The lowest BCUT2D eigenvalue weighted by Gasteiger charge is -2.10. The Kier molecular flexibility index (Phi) is 6.34. The Hall–Kier alpha value is -3.54. The molecule has 0 saturated heterocycles. The number of rotatable bonds is 7. The van der Waals surface area contributed by atoms with Crippen molar-refractivity contribution in [2.24, 2.45) is 0 Å². The fourth-order valence-corrected chi connectivity index (χ4v) is 3.12. The molecule has 1 N–H and O–H groups in total. The summed E-state index contributed by atoms with van der Waals surface area (Å²) in [6.07, 6.45) is 0. The van der Waals surface area contributed by atoms with E-state index in [0.717, 1.165) is 17.0 Å². The first-order chi connectivity index (χ1) is 14.0. The quantitative estimate of drug-likeness (QED) is 0.618. The number of carbonyl (C=O) groups is 2. The largest absolute Gasteiger partial charge is 0.497 e. The first-order valence-corrected chi connectivity index (χ1v) is 9.29. The number of nitrogens with one attached hydrogen (secondary N) is 1. The van der Waals surface area contributed by atoms with E-state index in [0.29, 0.717) is 23.5 Å². The number of benzene rings is 2. The highest BCUT2D eigenvalue weighted by Crippen LogP contribution is 2.19. The Morgan fingerprint density at radius 3 is 2.48 bits per heavy atom. The number of aryl methyl sites for hydroxylation is 1. The maximum absolute atomic E-state index is 12.5. The minimum absolute atomic E-state index is 0.363. The van der Waals surface area contributed by atoms with Crippen LogP contribution < -0.4 is 10.1 Å². The van der Waals surface area contributed by atoms with E-state index in [1.807, 2.05) is 44.2 Å². The number of methoxy groups -OCH3 is 1. The van der Waals surface area contributed by atoms with Gasteiger partial charge in [0.2, 0.25) is 0 Å². The van der Waals surface area contributed by atoms with Gasteiger partial charge in [0.05, 0.1) is 12.7 Å². The van der Waals surface area contributed by atoms with Crippen molar-refractivity contribution < 1.29 is 19.1 Å². The van der Waals surface area contributed by atoms with E-state index in [-0.39, 0.29) is 6.61 Å². The zero-order valence-corrected chi connectivity index (χ0v) is 16.8. The molecule has 1 aromatic heterocycles. The van der Waals surface area contributed by atoms with Gasteiger partial charge >= 0.3 is 5.97 Å². The molecule has 6 nitrogen and oxygen atoms in total. The van der Waals surface area contributed by atoms with Crippen molar-refractivity contribution >= 4 is 17.6 Å². The number of esters is 1. The summed E-state index contributed by atoms with van der Waals surface area (Å²) in [6, 6.07) is 18.8. The van der Waals surface area contributed by atoms with Gasteiger partial charge in [0.25, 0.3) is 5.91 Å². The molecule has 0 aliphatic heterocycles. The standard InChI is InChI=1S/C23H24N2O4/c1-16-12-21(17(2)25(16)14-18-8-5-4-6-9-18)23(27)29-15-22(26)24-19-10-7-11-20(13-19)28-3/h4-13H,14-15H2,1-3H3,(H,24,26). The fraction of sp³-hybridized carbons (Fsp3) is 0.217. The van der Waals surface area contributed by atoms with Crippen molar-refractivity contribution in [3.8, 4) is 5.75 Å². The van der Waals surface area contributed by atoms with Crippen molar-refractivity contribution in [2.75, 3.05) is 19.0 Å². The van der Waals surface area contributed by atoms with Crippen molar-refractivity contribution in [2.45, 2.75) is 20.4 Å². The van der Waals surface area contributed by atoms with E-state index in [2.05, 4.69) is 9.88 Å². The van der Waals surface area contributed by atoms with Crippen LogP contribution in [0.1, 0.15) is 27.3 Å². The van der Waals surface area contributed by atoms with E-state index >= 15 is 0 Å². The molecule has 0 unspecified atom stereocenters. The number of aromatic nitrogens is 1. The average molecular weight is 392 g/mol. The van der Waals surface area contributed by atoms with Gasteiger partial charge in [-0.1, -0.05) is 36.4 Å². The van der Waals surface area contributed by atoms with Crippen LogP contribution in [0.2, 0.25) is 0 Å². The van der Waals surface area contributed by atoms with Crippen molar-refractivity contribution in [1.82, 2.24) is 4.57 Å². The zero-order chi connectivity index (χ0) is 20.8. The fourth-order valence-electron chi connectivity index (χ4n) is 3.12. The summed E-state index contributed by atoms with van der Waals surface area (Å²) >= 11 is 0. The van der Waals surface area contributed by atoms with E-state index in [4.69, 9.17) is 9.47 Å². The van der Waals surface area contributed by atoms with Gasteiger partial charge < -0.3 is 19.4 Å². The number of amides is 1. The molecule has 1 heterocycles. The van der Waals surface area contributed by atoms with Crippen LogP contribution in [-0.4, -0.2) is 30.2 Å². The Balaban J connectivity index is 1.62. The molecule has 2 aromatic carbocycles. The number of hydrogen-bond acceptors (Lipinski definition) is 4. The molecule has 0 fully saturated rings. The lowest BCUT2D eigenvalue weighted by Crippen LogP contribution is -2.21. The van der Waals surface area contributed by atoms with Crippen LogP contribution in [0.4, 0.5) is 5.69 Å². The van der Waals surface area contributed by atoms with Gasteiger partial charge in [0, 0.05) is 29.7 Å². The summed E-state index contributed by atoms with van der Waals surface area (Å²) in [5.74, 6) is -0.298. The average Bonchev–Trinajstić information content (AvgIpc) is 3.01. The summed E-state index contributed by atoms with van der Waals surface area (Å²) in [5.41, 5.74) is 3.95. The zero-order valence-electron chi connectivity index (χ0n) is 16.8. The smallest absolute Gasteiger partial charge is 0.340 e. The first kappa shape index (κ1) is 20.2. The molecule has 0 radical (unpaired) electrons. The van der Waals surface area contributed by atoms with Gasteiger partial charge in [-0.2, -0.15) is 0 Å². The lowest BCUT2D eigenvalue weighted by atomic mass is 10.2. The molecule has 3 aromatic rings. The highest BCUT2D eigenvalue weighted by molar-refractivity contribution is 5.96. The molecule has 29 heavy (non-hydrogen) atoms. The molecular formula is C23H24N2O4. The minimum Gasteiger partial charge on any atom is -0.497 e. The van der Waals surface area contributed by atoms with Crippen LogP contribution >= 0.6 is 0 Å². The molecule has 3 rings (SSSR count). The van der Waals surface area contributed by atoms with Gasteiger partial charge in [0.15, 0.2) is 6.61 Å². The van der Waals surface area contributed by atoms with E-state index in [9.17, 15) is 9.59 Å². The number of ether oxygens (including phenoxy) is 2. The Morgan fingerprint density at radius 2 is 1.76 bits per heavy atom. The number of nitrogens with zero attached hydrogens (tertiary/aromatic N) is 1. The molecule has 150 valence electrons. The molecule has 0 spiro atoms. The van der Waals surface area contributed by atoms with Crippen molar-refractivity contribution in [3.05, 3.63) is 83.2 Å². The number of anilines is 1. The lowest BCUT2D eigenvalue weighted by molar-refractivity contribution is -0.119. The number of carbonyl (C=O) groups excluding carboxylic acids is 2. The number of hydrogen-bond donors (Lipinski definition) is 1. The van der Waals surface area contributed by atoms with Gasteiger partial charge in [0.1, 0.15) is 5.75 Å². The highest BCUT2D eigenvalue weighted by Gasteiger charge is 2.18. The van der Waals surface area contributed by atoms with Crippen LogP contribution in [0.5, 0.6) is 5.75 Å². The second-order valence-corrected chi connectivity index (χ2v) is 6.71. The second kappa shape index (κ2) is 9.10. The van der Waals surface area contributed by atoms with E-state index < -0.39 is 11.9 Å². The summed E-state index contributed by atoms with van der Waals surface area (Å²) in [5, 5.41) is 2.69. The molecule has 6 heteroatoms. The maximum atomic E-state index is 12.5. The Bertz CT molecular complexity index is 1010. The van der Waals surface area contributed by atoms with Crippen LogP contribution in [0.15, 0.2) is 60.7 Å². The van der Waals surface area contributed by atoms with Crippen LogP contribution in [-0.2, 0) is 16.1 Å². The Labute approximate surface area is 170 Å². The normalized spacial score (nSPS) is 10.4. The molecule has 0 aliphatic carbocycles. The third-order valence-corrected chi connectivity index (χ3v) is 4.66. The predicted molar refractivity (Wildman–Crippen MR) is 111 cm³/mol. The summed E-state index contributed by atoms with van der Waals surface area (Å²) in [7, 11) is 1.55. The third-order valence-electron chi connectivity index (χ3n) is 4.66. The van der Waals surface area contributed by atoms with Crippen LogP contribution in [0.3, 0.4) is 0 Å². The molecule has 1 amide bonds. The summed E-state index contributed by atoms with van der Waals surface area (Å²) in [6.45, 7) is 4.13. The molecular weight excluding hydrogens is 368 g/mol. The molecule has 0 saturated carbocycles. The maximum Gasteiger partial charge on any atom is 0.340 e. The SMILES string of the molecule is COc1cccc(NC(=O)COC(=O)c2cc(C)n(Cc3ccccc3)c2C)c1. The first-order valence-electron chi connectivity index (χ1n) is 9.29. The van der Waals surface area contributed by atoms with Gasteiger partial charge in [-0.05, 0) is 37.6 Å². The topological polar surface area (TPSA) is 69.6 Å². The monoisotopic (exact) mass is 392 g/mol. The summed E-state index contributed by atoms with van der Waals surface area (Å²) < 4.78 is 12.4. The predicted octanol–water partition coefficient (Wildman–Crippen LogP) is 3.96. The molecule has 0 aliphatic rings. The third kappa shape index (κ3) is 5.04. The van der Waals surface area contributed by atoms with E-state index in [1.54, 1.807) is 37.4 Å². The van der Waals surface area contributed by atoms with Crippen LogP contribution in [0, 0.1) is 13.8 Å². The minimum atomic E-state index is -0.516. The molecule has 0 bridgehead atoms. The van der Waals surface area contributed by atoms with Crippen molar-refractivity contribution in [1.29, 1.82) is 0 Å². The van der Waals surface area contributed by atoms with Gasteiger partial charge in [-0.15, -0.1) is 0 Å². The Morgan fingerprint density at radius 1 is 1.00 bits per heavy atom. The molecule has 0 atom stereocenters. The summed E-state index contributed by atoms with van der Waals surface area (Å²) in [4.78, 5) is 24.6. The van der Waals surface area contributed by atoms with Gasteiger partial charge in [-0.3, -0.25) is 4.79 Å². The van der Waals surface area contributed by atoms with Crippen molar-refractivity contribution in [3.63, 3.8) is 0 Å². The van der Waals surface area contributed by atoms with Crippen LogP contribution in [0.25, 0.3) is 0 Å². The highest BCUT2D eigenvalue weighted by atomic mass is 16.5. The van der Waals surface area contributed by atoms with E-state index in [1.165, 1.54) is 0 Å². The second-order valence-electron chi connectivity index (χ2n) is 6.71. The van der Waals surface area contributed by atoms with Gasteiger partial charge in [-0.25, -0.2) is 4.79 Å².